The van der Waals surface area contributed by atoms with Crippen molar-refractivity contribution in [1.29, 1.82) is 0 Å². The minimum absolute atomic E-state index is 0.107. The van der Waals surface area contributed by atoms with Crippen LogP contribution in [0.3, 0.4) is 0 Å². The lowest BCUT2D eigenvalue weighted by Gasteiger charge is -2.21. The fraction of sp³-hybridized carbons (Fsp3) is 0.953. The molecule has 105 heavy (non-hydrogen) atoms. The van der Waals surface area contributed by atoms with E-state index in [1.807, 2.05) is 0 Å². The van der Waals surface area contributed by atoms with Gasteiger partial charge >= 0.3 is 39.5 Å². The second-order valence-corrected chi connectivity index (χ2v) is 34.1. The Hall–Kier alpha value is -1.94. The molecule has 0 aromatic heterocycles. The van der Waals surface area contributed by atoms with Crippen LogP contribution in [0, 0.1) is 5.92 Å². The molecule has 17 nitrogen and oxygen atoms in total. The van der Waals surface area contributed by atoms with Crippen molar-refractivity contribution in [3.05, 3.63) is 0 Å². The molecule has 0 spiro atoms. The molecule has 0 rings (SSSR count). The first-order valence-electron chi connectivity index (χ1n) is 44.7. The first kappa shape index (κ1) is 103. The van der Waals surface area contributed by atoms with Gasteiger partial charge in [0.2, 0.25) is 0 Å². The Morgan fingerprint density at radius 1 is 0.267 bits per heavy atom. The lowest BCUT2D eigenvalue weighted by molar-refractivity contribution is -0.161. The Balaban J connectivity index is 5.10. The zero-order valence-electron chi connectivity index (χ0n) is 68.9. The van der Waals surface area contributed by atoms with Gasteiger partial charge < -0.3 is 33.8 Å². The molecule has 3 N–H and O–H groups in total. The molecule has 0 aliphatic heterocycles. The molecule has 6 atom stereocenters. The van der Waals surface area contributed by atoms with Crippen LogP contribution in [0.4, 0.5) is 0 Å². The summed E-state index contributed by atoms with van der Waals surface area (Å²) in [6, 6.07) is 0. The van der Waals surface area contributed by atoms with Gasteiger partial charge in [0, 0.05) is 25.7 Å². The molecule has 0 radical (unpaired) electrons. The molecule has 0 saturated heterocycles. The Labute approximate surface area is 645 Å². The molecular weight excluding hydrogens is 1370 g/mol. The summed E-state index contributed by atoms with van der Waals surface area (Å²) in [7, 11) is -9.92. The van der Waals surface area contributed by atoms with Crippen molar-refractivity contribution in [2.75, 3.05) is 39.6 Å². The Bertz CT molecular complexity index is 2000. The van der Waals surface area contributed by atoms with Gasteiger partial charge in [-0.1, -0.05) is 413 Å². The molecule has 624 valence electrons. The molecule has 0 fully saturated rings. The summed E-state index contributed by atoms with van der Waals surface area (Å²) in [4.78, 5) is 72.9. The van der Waals surface area contributed by atoms with Gasteiger partial charge in [-0.05, 0) is 31.6 Å². The zero-order valence-corrected chi connectivity index (χ0v) is 70.7. The lowest BCUT2D eigenvalue weighted by Crippen LogP contribution is -2.30. The number of hydrogen-bond acceptors (Lipinski definition) is 15. The van der Waals surface area contributed by atoms with Gasteiger partial charge in [-0.3, -0.25) is 37.3 Å². The molecule has 0 aliphatic rings. The number of aliphatic hydroxyl groups is 1. The maximum atomic E-state index is 13.1. The highest BCUT2D eigenvalue weighted by molar-refractivity contribution is 7.47. The number of ether oxygens (including phenoxy) is 4. The van der Waals surface area contributed by atoms with E-state index in [4.69, 9.17) is 37.0 Å². The molecule has 0 aromatic carbocycles. The predicted molar refractivity (Wildman–Crippen MR) is 432 cm³/mol. The summed E-state index contributed by atoms with van der Waals surface area (Å²) in [6.45, 7) is 7.32. The average molecular weight is 1540 g/mol. The number of esters is 4. The second kappa shape index (κ2) is 78.7. The highest BCUT2D eigenvalue weighted by Gasteiger charge is 2.30. The third kappa shape index (κ3) is 78.5. The van der Waals surface area contributed by atoms with Gasteiger partial charge in [-0.2, -0.15) is 0 Å². The summed E-state index contributed by atoms with van der Waals surface area (Å²) < 4.78 is 68.6. The highest BCUT2D eigenvalue weighted by atomic mass is 31.2. The summed E-state index contributed by atoms with van der Waals surface area (Å²) in [5.74, 6) is -1.27. The zero-order chi connectivity index (χ0) is 76.9. The molecule has 0 saturated carbocycles. The molecule has 0 heterocycles. The van der Waals surface area contributed by atoms with Crippen LogP contribution in [0.15, 0.2) is 0 Å². The normalized spacial score (nSPS) is 14.0. The number of aliphatic hydroxyl groups excluding tert-OH is 1. The van der Waals surface area contributed by atoms with Gasteiger partial charge in [0.05, 0.1) is 26.4 Å². The van der Waals surface area contributed by atoms with Crippen LogP contribution < -0.4 is 0 Å². The van der Waals surface area contributed by atoms with E-state index in [0.29, 0.717) is 25.7 Å². The summed E-state index contributed by atoms with van der Waals surface area (Å²) in [6.07, 6.45) is 72.8. The van der Waals surface area contributed by atoms with Crippen LogP contribution >= 0.6 is 15.6 Å². The maximum Gasteiger partial charge on any atom is 0.472 e. The number of carbonyl (C=O) groups excluding carboxylic acids is 4. The maximum absolute atomic E-state index is 13.1. The van der Waals surface area contributed by atoms with E-state index in [-0.39, 0.29) is 25.7 Å². The number of carbonyl (C=O) groups is 4. The number of hydrogen-bond donors (Lipinski definition) is 3. The molecule has 3 unspecified atom stereocenters. The van der Waals surface area contributed by atoms with Crippen molar-refractivity contribution in [2.24, 2.45) is 5.92 Å². The van der Waals surface area contributed by atoms with Gasteiger partial charge in [-0.15, -0.1) is 0 Å². The largest absolute Gasteiger partial charge is 0.472 e. The van der Waals surface area contributed by atoms with Crippen LogP contribution in [0.1, 0.15) is 465 Å². The van der Waals surface area contributed by atoms with Crippen molar-refractivity contribution in [3.8, 4) is 0 Å². The minimum Gasteiger partial charge on any atom is -0.462 e. The quantitative estimate of drug-likeness (QED) is 0.0222. The van der Waals surface area contributed by atoms with Crippen LogP contribution in [0.25, 0.3) is 0 Å². The predicted octanol–water partition coefficient (Wildman–Crippen LogP) is 26.4. The summed E-state index contributed by atoms with van der Waals surface area (Å²) in [5.41, 5.74) is 0. The Kier molecular flexibility index (Phi) is 77.3. The third-order valence-electron chi connectivity index (χ3n) is 20.6. The smallest absolute Gasteiger partial charge is 0.462 e. The number of phosphoric ester groups is 2. The van der Waals surface area contributed by atoms with Crippen molar-refractivity contribution in [2.45, 2.75) is 483 Å². The van der Waals surface area contributed by atoms with Gasteiger partial charge in [0.25, 0.3) is 0 Å². The molecule has 19 heteroatoms. The standard InChI is InChI=1S/C86H168O17P2/c1-6-10-13-16-18-20-22-24-26-28-30-32-34-36-38-43-47-51-55-60-65-70-84(89)97-76-82(103-86(91)72-67-61-56-52-48-44-39-37-35-33-31-29-27-25-23-21-19-17-14-11-7-2)78-101-105(94,95)99-74-80(87)73-98-104(92,93)100-77-81(75-96-83(88)69-64-58-15-12-8-3)102-85(90)71-66-62-57-53-49-45-41-40-42-46-50-54-59-63-68-79(5)9-4/h79-82,87H,6-78H2,1-5H3,(H,92,93)(H,94,95)/t79?,80-,81+,82+/m0/s1. The van der Waals surface area contributed by atoms with Crippen molar-refractivity contribution < 1.29 is 80.2 Å². The topological polar surface area (TPSA) is 237 Å². The van der Waals surface area contributed by atoms with E-state index in [9.17, 15) is 43.2 Å². The van der Waals surface area contributed by atoms with Crippen LogP contribution in [-0.4, -0.2) is 96.7 Å². The first-order valence-corrected chi connectivity index (χ1v) is 47.7. The number of phosphoric acid groups is 2. The van der Waals surface area contributed by atoms with Gasteiger partial charge in [-0.25, -0.2) is 9.13 Å². The van der Waals surface area contributed by atoms with Crippen LogP contribution in [-0.2, 0) is 65.4 Å². The van der Waals surface area contributed by atoms with E-state index >= 15 is 0 Å². The molecule has 0 aliphatic carbocycles. The number of unbranched alkanes of at least 4 members (excludes halogenated alkanes) is 57. The van der Waals surface area contributed by atoms with E-state index in [2.05, 4.69) is 34.6 Å². The third-order valence-corrected chi connectivity index (χ3v) is 22.5. The molecule has 0 aromatic rings. The second-order valence-electron chi connectivity index (χ2n) is 31.2. The van der Waals surface area contributed by atoms with E-state index < -0.39 is 97.5 Å². The number of rotatable bonds is 86. The van der Waals surface area contributed by atoms with E-state index in [1.54, 1.807) is 0 Å². The summed E-state index contributed by atoms with van der Waals surface area (Å²) in [5, 5.41) is 10.6. The lowest BCUT2D eigenvalue weighted by atomic mass is 9.99. The molecular formula is C86H168O17P2. The van der Waals surface area contributed by atoms with Gasteiger partial charge in [0.15, 0.2) is 12.2 Å². The van der Waals surface area contributed by atoms with Crippen LogP contribution in [0.5, 0.6) is 0 Å². The van der Waals surface area contributed by atoms with Crippen molar-refractivity contribution >= 4 is 39.5 Å². The summed E-state index contributed by atoms with van der Waals surface area (Å²) >= 11 is 0. The van der Waals surface area contributed by atoms with E-state index in [1.165, 1.54) is 283 Å². The molecule has 0 amide bonds. The average Bonchev–Trinajstić information content (AvgIpc) is 0.911. The minimum atomic E-state index is -4.96. The monoisotopic (exact) mass is 1540 g/mol. The SMILES string of the molecule is CCCCCCCCCCCCCCCCCCCCCCCC(=O)OC[C@H](COP(=O)(O)OC[C@@H](O)COP(=O)(O)OC[C@@H](COC(=O)CCCCCCC)OC(=O)CCCCCCCCCCCCCCCCC(C)CC)OC(=O)CCCCCCCCCCCCCCCCCCCCCCC. The Morgan fingerprint density at radius 3 is 0.676 bits per heavy atom. The van der Waals surface area contributed by atoms with E-state index in [0.717, 1.165) is 102 Å². The van der Waals surface area contributed by atoms with Crippen molar-refractivity contribution in [3.63, 3.8) is 0 Å². The van der Waals surface area contributed by atoms with Crippen molar-refractivity contribution in [1.82, 2.24) is 0 Å². The highest BCUT2D eigenvalue weighted by Crippen LogP contribution is 2.45. The fourth-order valence-electron chi connectivity index (χ4n) is 13.4. The van der Waals surface area contributed by atoms with Crippen LogP contribution in [0.2, 0.25) is 0 Å². The Morgan fingerprint density at radius 2 is 0.457 bits per heavy atom. The fourth-order valence-corrected chi connectivity index (χ4v) is 15.0. The van der Waals surface area contributed by atoms with Gasteiger partial charge in [0.1, 0.15) is 19.3 Å². The first-order chi connectivity index (χ1) is 51.1. The molecule has 0 bridgehead atoms.